The topological polar surface area (TPSA) is 0 Å². The summed E-state index contributed by atoms with van der Waals surface area (Å²) in [4.78, 5) is 0. The lowest BCUT2D eigenvalue weighted by Crippen LogP contribution is -2.04. The highest BCUT2D eigenvalue weighted by atomic mass is 127. The largest absolute Gasteiger partial charge is 0.0885 e. The first kappa shape index (κ1) is 12.5. The van der Waals surface area contributed by atoms with Crippen LogP contribution < -0.4 is 0 Å². The number of hydrogen-bond donors (Lipinski definition) is 0. The Bertz CT molecular complexity index is 118. The molecule has 0 aromatic heterocycles. The molecular weight excluding hydrogens is 259 g/mol. The van der Waals surface area contributed by atoms with E-state index in [1.165, 1.54) is 23.7 Å². The zero-order valence-corrected chi connectivity index (χ0v) is 10.7. The van der Waals surface area contributed by atoms with Gasteiger partial charge in [0.25, 0.3) is 0 Å². The van der Waals surface area contributed by atoms with Gasteiger partial charge in [0.05, 0.1) is 0 Å². The molecule has 0 aromatic rings. The van der Waals surface area contributed by atoms with Gasteiger partial charge in [-0.25, -0.2) is 0 Å². The fraction of sp³-hybridized carbons (Fsp3) is 0.818. The molecule has 0 saturated carbocycles. The van der Waals surface area contributed by atoms with Crippen molar-refractivity contribution in [2.24, 2.45) is 11.8 Å². The first-order chi connectivity index (χ1) is 5.74. The molecule has 0 unspecified atom stereocenters. The first-order valence-corrected chi connectivity index (χ1v) is 6.49. The van der Waals surface area contributed by atoms with E-state index in [0.29, 0.717) is 0 Å². The minimum absolute atomic E-state index is 0.815. The van der Waals surface area contributed by atoms with Crippen LogP contribution in [0.5, 0.6) is 0 Å². The zero-order valence-electron chi connectivity index (χ0n) is 8.52. The summed E-state index contributed by atoms with van der Waals surface area (Å²) < 4.78 is 1.29. The lowest BCUT2D eigenvalue weighted by atomic mass is 9.94. The summed E-state index contributed by atoms with van der Waals surface area (Å²) in [7, 11) is 0. The second kappa shape index (κ2) is 8.09. The van der Waals surface area contributed by atoms with Crippen molar-refractivity contribution < 1.29 is 0 Å². The van der Waals surface area contributed by atoms with Gasteiger partial charge in [-0.05, 0) is 31.1 Å². The van der Waals surface area contributed by atoms with Crippen LogP contribution in [0.2, 0.25) is 0 Å². The number of halogens is 1. The molecule has 2 atom stereocenters. The van der Waals surface area contributed by atoms with Crippen LogP contribution in [0, 0.1) is 11.8 Å². The van der Waals surface area contributed by atoms with E-state index in [-0.39, 0.29) is 0 Å². The van der Waals surface area contributed by atoms with Crippen molar-refractivity contribution in [3.8, 4) is 0 Å². The van der Waals surface area contributed by atoms with Gasteiger partial charge in [-0.2, -0.15) is 0 Å². The molecule has 0 saturated heterocycles. The normalized spacial score (nSPS) is 16.7. The van der Waals surface area contributed by atoms with E-state index >= 15 is 0 Å². The van der Waals surface area contributed by atoms with Crippen LogP contribution in [0.4, 0.5) is 0 Å². The fourth-order valence-electron chi connectivity index (χ4n) is 1.29. The third-order valence-corrected chi connectivity index (χ3v) is 3.64. The SMILES string of the molecule is CC/C=C/[C@H](CC)C[C@H](C)CI. The predicted molar refractivity (Wildman–Crippen MR) is 65.9 cm³/mol. The van der Waals surface area contributed by atoms with Gasteiger partial charge in [-0.1, -0.05) is 55.5 Å². The Kier molecular flexibility index (Phi) is 8.40. The second-order valence-corrected chi connectivity index (χ2v) is 4.38. The summed E-state index contributed by atoms with van der Waals surface area (Å²) in [6.07, 6.45) is 8.51. The third-order valence-electron chi connectivity index (χ3n) is 2.14. The third kappa shape index (κ3) is 6.04. The maximum Gasteiger partial charge on any atom is 0.00212 e. The summed E-state index contributed by atoms with van der Waals surface area (Å²) >= 11 is 2.48. The van der Waals surface area contributed by atoms with Crippen molar-refractivity contribution in [1.29, 1.82) is 0 Å². The van der Waals surface area contributed by atoms with E-state index in [0.717, 1.165) is 11.8 Å². The molecule has 0 aliphatic rings. The van der Waals surface area contributed by atoms with Gasteiger partial charge in [-0.3, -0.25) is 0 Å². The smallest absolute Gasteiger partial charge is 0.00212 e. The minimum atomic E-state index is 0.815. The lowest BCUT2D eigenvalue weighted by Gasteiger charge is -2.14. The molecule has 1 heteroatoms. The molecule has 12 heavy (non-hydrogen) atoms. The van der Waals surface area contributed by atoms with Gasteiger partial charge in [0.15, 0.2) is 0 Å². The maximum absolute atomic E-state index is 2.48. The van der Waals surface area contributed by atoms with Gasteiger partial charge >= 0.3 is 0 Å². The Labute approximate surface area is 91.0 Å². The van der Waals surface area contributed by atoms with Crippen molar-refractivity contribution >= 4 is 22.6 Å². The standard InChI is InChI=1S/C11H21I/c1-4-6-7-11(5-2)8-10(3)9-12/h6-7,10-11H,4-5,8-9H2,1-3H3/b7-6+/t10-,11-/m0/s1. The fourth-order valence-corrected chi connectivity index (χ4v) is 1.65. The van der Waals surface area contributed by atoms with Crippen LogP contribution in [0.1, 0.15) is 40.0 Å². The molecule has 0 aromatic carbocycles. The van der Waals surface area contributed by atoms with Gasteiger partial charge in [0.2, 0.25) is 0 Å². The molecule has 0 bridgehead atoms. The average Bonchev–Trinajstić information content (AvgIpc) is 2.11. The summed E-state index contributed by atoms with van der Waals surface area (Å²) in [5, 5.41) is 0. The summed E-state index contributed by atoms with van der Waals surface area (Å²) in [5.74, 6) is 1.69. The van der Waals surface area contributed by atoms with Crippen LogP contribution in [0.3, 0.4) is 0 Å². The summed E-state index contributed by atoms with van der Waals surface area (Å²) in [5.41, 5.74) is 0. The number of rotatable bonds is 6. The molecule has 0 amide bonds. The Hall–Kier alpha value is 0.470. The van der Waals surface area contributed by atoms with Crippen LogP contribution in [0.25, 0.3) is 0 Å². The monoisotopic (exact) mass is 280 g/mol. The van der Waals surface area contributed by atoms with E-state index in [4.69, 9.17) is 0 Å². The number of hydrogen-bond acceptors (Lipinski definition) is 0. The van der Waals surface area contributed by atoms with Gasteiger partial charge < -0.3 is 0 Å². The number of alkyl halides is 1. The van der Waals surface area contributed by atoms with E-state index in [1.54, 1.807) is 0 Å². The highest BCUT2D eigenvalue weighted by molar-refractivity contribution is 14.1. The van der Waals surface area contributed by atoms with E-state index < -0.39 is 0 Å². The average molecular weight is 280 g/mol. The highest BCUT2D eigenvalue weighted by Crippen LogP contribution is 2.18. The van der Waals surface area contributed by atoms with Crippen LogP contribution in [-0.4, -0.2) is 4.43 Å². The molecule has 0 fully saturated rings. The van der Waals surface area contributed by atoms with Gasteiger partial charge in [-0.15, -0.1) is 0 Å². The molecule has 0 aliphatic heterocycles. The predicted octanol–water partition coefficient (Wildman–Crippen LogP) is 4.44. The van der Waals surface area contributed by atoms with Crippen LogP contribution in [0.15, 0.2) is 12.2 Å². The molecule has 0 spiro atoms. The first-order valence-electron chi connectivity index (χ1n) is 4.97. The van der Waals surface area contributed by atoms with E-state index in [1.807, 2.05) is 0 Å². The van der Waals surface area contributed by atoms with E-state index in [9.17, 15) is 0 Å². The number of allylic oxidation sites excluding steroid dienone is 2. The van der Waals surface area contributed by atoms with E-state index in [2.05, 4.69) is 55.5 Å². The quantitative estimate of drug-likeness (QED) is 0.383. The van der Waals surface area contributed by atoms with Crippen molar-refractivity contribution in [2.45, 2.75) is 40.0 Å². The Morgan fingerprint density at radius 1 is 1.33 bits per heavy atom. The van der Waals surface area contributed by atoms with Crippen molar-refractivity contribution in [2.75, 3.05) is 4.43 Å². The molecule has 0 nitrogen and oxygen atoms in total. The molecular formula is C11H21I. The molecule has 0 N–H and O–H groups in total. The summed E-state index contributed by atoms with van der Waals surface area (Å²) in [6, 6.07) is 0. The van der Waals surface area contributed by atoms with Crippen LogP contribution >= 0.6 is 22.6 Å². The van der Waals surface area contributed by atoms with Gasteiger partial charge in [0, 0.05) is 4.43 Å². The van der Waals surface area contributed by atoms with Crippen molar-refractivity contribution in [3.63, 3.8) is 0 Å². The summed E-state index contributed by atoms with van der Waals surface area (Å²) in [6.45, 7) is 6.82. The second-order valence-electron chi connectivity index (χ2n) is 3.50. The minimum Gasteiger partial charge on any atom is -0.0885 e. The Morgan fingerprint density at radius 3 is 2.42 bits per heavy atom. The molecule has 72 valence electrons. The van der Waals surface area contributed by atoms with Crippen LogP contribution in [-0.2, 0) is 0 Å². The maximum atomic E-state index is 2.48. The molecule has 0 rings (SSSR count). The zero-order chi connectivity index (χ0) is 9.40. The molecule has 0 aliphatic carbocycles. The van der Waals surface area contributed by atoms with Crippen molar-refractivity contribution in [1.82, 2.24) is 0 Å². The lowest BCUT2D eigenvalue weighted by molar-refractivity contribution is 0.474. The highest BCUT2D eigenvalue weighted by Gasteiger charge is 2.06. The molecule has 0 heterocycles. The Balaban J connectivity index is 3.74. The Morgan fingerprint density at radius 2 is 2.00 bits per heavy atom. The van der Waals surface area contributed by atoms with Gasteiger partial charge in [0.1, 0.15) is 0 Å². The van der Waals surface area contributed by atoms with Crippen molar-refractivity contribution in [3.05, 3.63) is 12.2 Å². The molecule has 0 radical (unpaired) electrons.